The highest BCUT2D eigenvalue weighted by atomic mass is 16.4. The number of rotatable bonds is 16. The van der Waals surface area contributed by atoms with Crippen molar-refractivity contribution in [3.05, 3.63) is 88.5 Å². The number of nitrogens with one attached hydrogen (secondary N) is 1. The predicted octanol–water partition coefficient (Wildman–Crippen LogP) is 5.48. The van der Waals surface area contributed by atoms with E-state index in [0.29, 0.717) is 32.1 Å². The molecule has 0 radical (unpaired) electrons. The fourth-order valence-corrected chi connectivity index (χ4v) is 7.71. The minimum atomic E-state index is -1.37. The number of β-amino-alcohol motifs (C(OH)–C–C–N with tert-alkyl or cyclic N) is 1. The molecule has 8 unspecified atom stereocenters. The van der Waals surface area contributed by atoms with Crippen molar-refractivity contribution in [1.82, 2.24) is 5.32 Å². The molecule has 2 aromatic carbocycles. The van der Waals surface area contributed by atoms with Crippen LogP contribution in [0.1, 0.15) is 113 Å². The Morgan fingerprint density at radius 1 is 1.02 bits per heavy atom. The number of hydrogen-bond donors (Lipinski definition) is 8. The summed E-state index contributed by atoms with van der Waals surface area (Å²) in [5, 5.41) is 78.0. The molecule has 4 rings (SSSR count). The smallest absolute Gasteiger partial charge is 0.303 e. The molecule has 2 aromatic rings. The number of aliphatic hydroxyl groups is 5. The van der Waals surface area contributed by atoms with Gasteiger partial charge in [-0.05, 0) is 97.8 Å². The number of phenolic OH excluding ortho intramolecular Hbond substituents is 1. The van der Waals surface area contributed by atoms with Crippen LogP contribution in [0.15, 0.2) is 71.8 Å². The van der Waals surface area contributed by atoms with Gasteiger partial charge < -0.3 is 41.1 Å². The van der Waals surface area contributed by atoms with Crippen LogP contribution in [0.3, 0.4) is 0 Å². The van der Waals surface area contributed by atoms with Crippen LogP contribution in [0.25, 0.3) is 0 Å². The molecule has 8 atom stereocenters. The number of aliphatic hydroxyl groups excluding tert-OH is 4. The van der Waals surface area contributed by atoms with Crippen molar-refractivity contribution >= 4 is 5.97 Å². The number of unbranched alkanes of at least 4 members (excludes halogenated alkanes) is 3. The summed E-state index contributed by atoms with van der Waals surface area (Å²) < 4.78 is 0. The number of carboxylic acid groups (broad SMARTS) is 1. The first-order valence-electron chi connectivity index (χ1n) is 19.0. The van der Waals surface area contributed by atoms with E-state index >= 15 is 0 Å². The molecule has 9 nitrogen and oxygen atoms in total. The number of carbonyl (C=O) groups is 1. The zero-order valence-corrected chi connectivity index (χ0v) is 30.8. The SMILES string of the molecule is CCCCC(O)C(O)C=CC1=C(CC(O)CO)C2NCC(C)(O)C(c3ccc(O)cc3)C#CC(CC2CCCCCC(=O)O)c2ccccc2CC1. The van der Waals surface area contributed by atoms with Crippen molar-refractivity contribution in [2.75, 3.05) is 13.2 Å². The summed E-state index contributed by atoms with van der Waals surface area (Å²) in [6, 6.07) is 14.6. The molecule has 2 bridgehead atoms. The van der Waals surface area contributed by atoms with Crippen LogP contribution in [-0.4, -0.2) is 84.8 Å². The second kappa shape index (κ2) is 20.1. The molecular weight excluding hydrogens is 658 g/mol. The average Bonchev–Trinajstić information content (AvgIpc) is 3.12. The van der Waals surface area contributed by atoms with Crippen molar-refractivity contribution in [2.45, 2.75) is 133 Å². The summed E-state index contributed by atoms with van der Waals surface area (Å²) in [6.45, 7) is 3.48. The number of allylic oxidation sites excluding steroid dienone is 2. The third-order valence-electron chi connectivity index (χ3n) is 10.7. The third kappa shape index (κ3) is 11.8. The van der Waals surface area contributed by atoms with Crippen LogP contribution >= 0.6 is 0 Å². The van der Waals surface area contributed by atoms with Gasteiger partial charge in [-0.2, -0.15) is 0 Å². The molecule has 9 heteroatoms. The van der Waals surface area contributed by atoms with Crippen LogP contribution in [0.5, 0.6) is 5.75 Å². The first-order valence-corrected chi connectivity index (χ1v) is 19.0. The van der Waals surface area contributed by atoms with E-state index in [2.05, 4.69) is 29.3 Å². The molecule has 0 aromatic heterocycles. The van der Waals surface area contributed by atoms with Gasteiger partial charge in [-0.1, -0.05) is 93.0 Å². The lowest BCUT2D eigenvalue weighted by Gasteiger charge is -2.39. The van der Waals surface area contributed by atoms with Crippen LogP contribution in [0, 0.1) is 17.8 Å². The Balaban J connectivity index is 1.91. The number of aliphatic carboxylic acids is 1. The van der Waals surface area contributed by atoms with E-state index in [1.807, 2.05) is 25.1 Å². The molecule has 52 heavy (non-hydrogen) atoms. The van der Waals surface area contributed by atoms with Gasteiger partial charge in [0.25, 0.3) is 0 Å². The summed E-state index contributed by atoms with van der Waals surface area (Å²) in [4.78, 5) is 11.3. The van der Waals surface area contributed by atoms with Gasteiger partial charge >= 0.3 is 5.97 Å². The second-order valence-corrected chi connectivity index (χ2v) is 14.9. The highest BCUT2D eigenvalue weighted by Gasteiger charge is 2.38. The number of fused-ring (bicyclic) bond motifs is 5. The molecule has 1 aliphatic carbocycles. The number of carboxylic acids is 1. The van der Waals surface area contributed by atoms with Gasteiger partial charge in [-0.15, -0.1) is 0 Å². The van der Waals surface area contributed by atoms with Crippen molar-refractivity contribution in [3.63, 3.8) is 0 Å². The molecular formula is C43H59NO8. The first kappa shape index (κ1) is 41.3. The maximum absolute atomic E-state index is 12.2. The first-order chi connectivity index (χ1) is 24.9. The number of phenols is 1. The van der Waals surface area contributed by atoms with Crippen molar-refractivity contribution in [2.24, 2.45) is 5.92 Å². The van der Waals surface area contributed by atoms with Gasteiger partial charge in [0.15, 0.2) is 0 Å². The summed E-state index contributed by atoms with van der Waals surface area (Å²) >= 11 is 0. The summed E-state index contributed by atoms with van der Waals surface area (Å²) in [6.07, 6.45) is 7.52. The fourth-order valence-electron chi connectivity index (χ4n) is 7.71. The van der Waals surface area contributed by atoms with E-state index in [0.717, 1.165) is 59.9 Å². The van der Waals surface area contributed by atoms with Crippen molar-refractivity contribution in [3.8, 4) is 17.6 Å². The average molecular weight is 718 g/mol. The lowest BCUT2D eigenvalue weighted by molar-refractivity contribution is -0.137. The lowest BCUT2D eigenvalue weighted by Crippen LogP contribution is -2.50. The molecule has 0 fully saturated rings. The zero-order valence-electron chi connectivity index (χ0n) is 30.8. The molecule has 1 heterocycles. The highest BCUT2D eigenvalue weighted by molar-refractivity contribution is 5.66. The number of aromatic hydroxyl groups is 1. The Hall–Kier alpha value is -3.49. The molecule has 0 saturated carbocycles. The minimum absolute atomic E-state index is 0.0549. The van der Waals surface area contributed by atoms with Gasteiger partial charge in [0.1, 0.15) is 5.75 Å². The van der Waals surface area contributed by atoms with Crippen molar-refractivity contribution in [1.29, 1.82) is 0 Å². The fraction of sp³-hybridized carbons (Fsp3) is 0.558. The Labute approximate surface area is 309 Å². The van der Waals surface area contributed by atoms with E-state index < -0.39 is 42.4 Å². The maximum atomic E-state index is 12.2. The molecule has 2 aliphatic rings. The summed E-state index contributed by atoms with van der Waals surface area (Å²) in [5.74, 6) is 5.51. The largest absolute Gasteiger partial charge is 0.508 e. The maximum Gasteiger partial charge on any atom is 0.303 e. The number of aryl methyl sites for hydroxylation is 1. The normalized spacial score (nSPS) is 25.5. The molecule has 0 amide bonds. The van der Waals surface area contributed by atoms with E-state index in [9.17, 15) is 40.5 Å². The third-order valence-corrected chi connectivity index (χ3v) is 10.7. The van der Waals surface area contributed by atoms with Gasteiger partial charge in [0.2, 0.25) is 0 Å². The molecule has 284 valence electrons. The summed E-state index contributed by atoms with van der Waals surface area (Å²) in [7, 11) is 0. The van der Waals surface area contributed by atoms with Crippen LogP contribution in [0.2, 0.25) is 0 Å². The quantitative estimate of drug-likeness (QED) is 0.0828. The molecule has 1 aliphatic heterocycles. The van der Waals surface area contributed by atoms with Gasteiger partial charge in [0.05, 0.1) is 36.4 Å². The topological polar surface area (TPSA) is 171 Å². The van der Waals surface area contributed by atoms with E-state index in [4.69, 9.17) is 0 Å². The van der Waals surface area contributed by atoms with Gasteiger partial charge in [-0.25, -0.2) is 0 Å². The Morgan fingerprint density at radius 3 is 2.48 bits per heavy atom. The summed E-state index contributed by atoms with van der Waals surface area (Å²) in [5.41, 5.74) is 3.38. The Morgan fingerprint density at radius 2 is 1.77 bits per heavy atom. The molecule has 0 saturated heterocycles. The zero-order chi connectivity index (χ0) is 37.7. The predicted molar refractivity (Wildman–Crippen MR) is 203 cm³/mol. The van der Waals surface area contributed by atoms with Gasteiger partial charge in [-0.3, -0.25) is 4.79 Å². The van der Waals surface area contributed by atoms with Crippen LogP contribution in [0.4, 0.5) is 0 Å². The Kier molecular flexibility index (Phi) is 15.9. The van der Waals surface area contributed by atoms with E-state index in [1.165, 1.54) is 0 Å². The van der Waals surface area contributed by atoms with Crippen LogP contribution in [-0.2, 0) is 11.2 Å². The number of benzene rings is 2. The highest BCUT2D eigenvalue weighted by Crippen LogP contribution is 2.39. The van der Waals surface area contributed by atoms with E-state index in [-0.39, 0.29) is 43.0 Å². The number of hydrogen-bond acceptors (Lipinski definition) is 8. The van der Waals surface area contributed by atoms with Crippen molar-refractivity contribution < 1.29 is 40.5 Å². The van der Waals surface area contributed by atoms with Gasteiger partial charge in [0, 0.05) is 24.9 Å². The van der Waals surface area contributed by atoms with E-state index in [1.54, 1.807) is 37.3 Å². The standard InChI is InChI=1S/C43H59NO8/c1-3-4-13-39(48)40(49)24-20-30-16-15-29-10-8-9-12-36(29)32-19-23-38(31-17-21-34(46)22-18-31)43(2,52)28-44-42(37(30)26-35(47)27-45)33(25-32)11-6-5-7-14-41(50)51/h8-10,12,17-18,20-22,24,32-33,35,38-40,42,44-49,52H,3-7,11,13-16,25-28H2,1-2H3,(H,50,51). The minimum Gasteiger partial charge on any atom is -0.508 e. The lowest BCUT2D eigenvalue weighted by atomic mass is 9.73. The second-order valence-electron chi connectivity index (χ2n) is 14.9. The Bertz CT molecular complexity index is 1550. The molecule has 8 N–H and O–H groups in total. The van der Waals surface area contributed by atoms with Crippen LogP contribution < -0.4 is 5.32 Å². The molecule has 0 spiro atoms. The monoisotopic (exact) mass is 717 g/mol.